The van der Waals surface area contributed by atoms with Gasteiger partial charge in [-0.25, -0.2) is 0 Å². The summed E-state index contributed by atoms with van der Waals surface area (Å²) in [7, 11) is 0. The van der Waals surface area contributed by atoms with Crippen molar-refractivity contribution in [1.29, 1.82) is 0 Å². The smallest absolute Gasteiger partial charge is 0 e. The van der Waals surface area contributed by atoms with Gasteiger partial charge in [-0.2, -0.15) is 0 Å². The average Bonchev–Trinajstić information content (AvgIpc) is 3.64. The van der Waals surface area contributed by atoms with Gasteiger partial charge in [-0.05, 0) is 25.7 Å². The maximum absolute atomic E-state index is 11.7. The third kappa shape index (κ3) is 7.35. The second-order valence-corrected chi connectivity index (χ2v) is 23.5. The van der Waals surface area contributed by atoms with Crippen molar-refractivity contribution in [2.24, 2.45) is 11.8 Å². The quantitative estimate of drug-likeness (QED) is 0.0678. The number of furan rings is 1. The molecule has 0 aliphatic heterocycles. The molecule has 0 bridgehead atoms. The van der Waals surface area contributed by atoms with E-state index in [1.165, 1.54) is 10.5 Å². The van der Waals surface area contributed by atoms with Gasteiger partial charge >= 0.3 is 177 Å². The molecule has 46 heavy (non-hydrogen) atoms. The van der Waals surface area contributed by atoms with Crippen molar-refractivity contribution < 1.29 is 38.8 Å². The number of para-hydroxylation sites is 2. The number of hydrogen-bond donors (Lipinski definition) is 1. The molecule has 0 aliphatic rings. The van der Waals surface area contributed by atoms with E-state index in [1.807, 2.05) is 64.1 Å². The van der Waals surface area contributed by atoms with E-state index in [1.54, 1.807) is 0 Å². The number of oxazole rings is 1. The van der Waals surface area contributed by atoms with Gasteiger partial charge in [0, 0.05) is 38.0 Å². The Labute approximate surface area is 288 Å². The fraction of sp³-hybridized carbons (Fsp3) is 0.333. The standard InChI is InChI=1S/C26H20GeNO2.C13H24O2.Ir/c1-27(2,3)17-12-13-19-23(15-17)29-25-18-9-5-4-8-16(18)14-20(24(19)25)26-28-21-10-6-7-11-22(21)30-26;1-5-10(6-2)12(14)9-13(15)11(7-3)8-4;/h4-13,15H,1-3H3;9-11,14H,5-8H2,1-4H3;/q-1;;/b;12-9-;. The number of benzene rings is 4. The SMILES string of the molecule is CCC(CC)C(=O)/C=C(\O)C(CC)CC.[CH3][Ge]([CH3])([CH3])[c]1ccc2c(c1)oc1c3ccccc3[c-]c(-c3nc4ccccc4o3)c21.[Ir]. The summed E-state index contributed by atoms with van der Waals surface area (Å²) in [5.41, 5.74) is 4.26. The van der Waals surface area contributed by atoms with Gasteiger partial charge in [0.05, 0.1) is 5.76 Å². The van der Waals surface area contributed by atoms with E-state index in [9.17, 15) is 9.90 Å². The minimum absolute atomic E-state index is 0. The van der Waals surface area contributed by atoms with E-state index in [2.05, 4.69) is 53.7 Å². The zero-order valence-electron chi connectivity index (χ0n) is 27.9. The third-order valence-corrected chi connectivity index (χ3v) is 13.1. The molecule has 2 heterocycles. The Bertz CT molecular complexity index is 1960. The fourth-order valence-electron chi connectivity index (χ4n) is 5.91. The third-order valence-electron chi connectivity index (χ3n) is 8.83. The maximum Gasteiger partial charge on any atom is 0 e. The molecule has 6 rings (SSSR count). The Balaban J connectivity index is 0.000000259. The minimum Gasteiger partial charge on any atom is 0 e. The molecule has 0 fully saturated rings. The number of rotatable bonds is 9. The van der Waals surface area contributed by atoms with Crippen LogP contribution in [0, 0.1) is 17.9 Å². The van der Waals surface area contributed by atoms with Gasteiger partial charge in [0.2, 0.25) is 0 Å². The van der Waals surface area contributed by atoms with Gasteiger partial charge in [0.1, 0.15) is 0 Å². The Morgan fingerprint density at radius 3 is 2.15 bits per heavy atom. The van der Waals surface area contributed by atoms with Crippen LogP contribution in [0.15, 0.2) is 87.4 Å². The van der Waals surface area contributed by atoms with Crippen LogP contribution in [0.2, 0.25) is 17.3 Å². The van der Waals surface area contributed by atoms with E-state index in [0.717, 1.165) is 75.1 Å². The van der Waals surface area contributed by atoms with Crippen molar-refractivity contribution in [3.63, 3.8) is 0 Å². The molecule has 4 aromatic carbocycles. The monoisotopic (exact) mass is 857 g/mol. The summed E-state index contributed by atoms with van der Waals surface area (Å²) in [6.07, 6.45) is 4.91. The molecule has 6 aromatic rings. The molecule has 0 atom stereocenters. The Hall–Kier alpha value is -3.19. The Morgan fingerprint density at radius 2 is 1.50 bits per heavy atom. The number of ketones is 1. The van der Waals surface area contributed by atoms with Crippen LogP contribution in [0.1, 0.15) is 53.4 Å². The largest absolute Gasteiger partial charge is 0 e. The number of allylic oxidation sites excluding steroid dienone is 2. The van der Waals surface area contributed by atoms with Crippen LogP contribution in [0.3, 0.4) is 0 Å². The Morgan fingerprint density at radius 1 is 0.848 bits per heavy atom. The predicted molar refractivity (Wildman–Crippen MR) is 190 cm³/mol. The van der Waals surface area contributed by atoms with Crippen LogP contribution in [0.5, 0.6) is 0 Å². The molecule has 0 spiro atoms. The molecular formula is C39H44GeIrNO4-. The van der Waals surface area contributed by atoms with Gasteiger partial charge in [-0.1, -0.05) is 27.7 Å². The molecule has 0 aliphatic carbocycles. The topological polar surface area (TPSA) is 76.5 Å². The number of nitrogens with zero attached hydrogens (tertiary/aromatic N) is 1. The van der Waals surface area contributed by atoms with Crippen LogP contribution in [-0.2, 0) is 24.9 Å². The van der Waals surface area contributed by atoms with Crippen LogP contribution in [0.25, 0.3) is 55.3 Å². The first-order valence-corrected chi connectivity index (χ1v) is 23.5. The van der Waals surface area contributed by atoms with Gasteiger partial charge in [0.25, 0.3) is 0 Å². The molecule has 243 valence electrons. The summed E-state index contributed by atoms with van der Waals surface area (Å²) in [4.78, 5) is 16.5. The second kappa shape index (κ2) is 15.1. The normalized spacial score (nSPS) is 12.2. The van der Waals surface area contributed by atoms with Crippen LogP contribution in [-0.4, -0.2) is 29.1 Å². The van der Waals surface area contributed by atoms with Crippen molar-refractivity contribution in [3.05, 3.63) is 84.6 Å². The van der Waals surface area contributed by atoms with E-state index in [0.29, 0.717) is 5.89 Å². The number of aliphatic hydroxyl groups excluding tert-OH is 1. The number of fused-ring (bicyclic) bond motifs is 6. The predicted octanol–water partition coefficient (Wildman–Crippen LogP) is 10.8. The van der Waals surface area contributed by atoms with E-state index >= 15 is 0 Å². The molecule has 2 aromatic heterocycles. The van der Waals surface area contributed by atoms with Gasteiger partial charge in [0.15, 0.2) is 5.78 Å². The number of hydrogen-bond acceptors (Lipinski definition) is 5. The number of aliphatic hydroxyl groups is 1. The van der Waals surface area contributed by atoms with E-state index < -0.39 is 13.3 Å². The first-order chi connectivity index (χ1) is 21.6. The molecule has 1 radical (unpaired) electrons. The number of carbonyl (C=O) groups excluding carboxylic acids is 1. The van der Waals surface area contributed by atoms with Crippen LogP contribution >= 0.6 is 0 Å². The summed E-state index contributed by atoms with van der Waals surface area (Å²) in [6.45, 7) is 8.07. The summed E-state index contributed by atoms with van der Waals surface area (Å²) < 4.78 is 14.0. The zero-order valence-corrected chi connectivity index (χ0v) is 32.4. The van der Waals surface area contributed by atoms with E-state index in [-0.39, 0.29) is 43.5 Å². The summed E-state index contributed by atoms with van der Waals surface area (Å²) in [5.74, 6) is 8.32. The fourth-order valence-corrected chi connectivity index (χ4v) is 8.31. The Kier molecular flexibility index (Phi) is 11.7. The van der Waals surface area contributed by atoms with Gasteiger partial charge in [-0.15, -0.1) is 0 Å². The zero-order chi connectivity index (χ0) is 32.3. The maximum atomic E-state index is 11.7. The second-order valence-electron chi connectivity index (χ2n) is 12.8. The van der Waals surface area contributed by atoms with Crippen molar-refractivity contribution in [2.45, 2.75) is 70.6 Å². The van der Waals surface area contributed by atoms with Gasteiger partial charge in [-0.3, -0.25) is 4.79 Å². The molecule has 7 heteroatoms. The van der Waals surface area contributed by atoms with Gasteiger partial charge < -0.3 is 5.11 Å². The molecule has 5 nitrogen and oxygen atoms in total. The summed E-state index contributed by atoms with van der Waals surface area (Å²) in [6, 6.07) is 26.3. The first kappa shape index (κ1) is 35.7. The molecule has 0 saturated heterocycles. The van der Waals surface area contributed by atoms with Crippen molar-refractivity contribution in [2.75, 3.05) is 0 Å². The number of aromatic nitrogens is 1. The molecular weight excluding hydrogens is 811 g/mol. The average molecular weight is 856 g/mol. The van der Waals surface area contributed by atoms with Crippen molar-refractivity contribution in [1.82, 2.24) is 4.98 Å². The van der Waals surface area contributed by atoms with E-state index in [4.69, 9.17) is 13.8 Å². The van der Waals surface area contributed by atoms with Crippen molar-refractivity contribution >= 4 is 67.3 Å². The minimum atomic E-state index is -1.98. The summed E-state index contributed by atoms with van der Waals surface area (Å²) >= 11 is -1.98. The van der Waals surface area contributed by atoms with Crippen LogP contribution in [0.4, 0.5) is 0 Å². The molecule has 0 saturated carbocycles. The number of carbonyl (C=O) groups is 1. The first-order valence-electron chi connectivity index (χ1n) is 16.2. The molecule has 0 amide bonds. The molecule has 1 N–H and O–H groups in total. The summed E-state index contributed by atoms with van der Waals surface area (Å²) in [5, 5.41) is 13.9. The van der Waals surface area contributed by atoms with Crippen molar-refractivity contribution in [3.8, 4) is 11.5 Å². The molecule has 0 unspecified atom stereocenters. The van der Waals surface area contributed by atoms with Crippen LogP contribution < -0.4 is 4.40 Å².